The van der Waals surface area contributed by atoms with E-state index in [1.54, 1.807) is 7.11 Å². The van der Waals surface area contributed by atoms with Gasteiger partial charge in [0.1, 0.15) is 5.75 Å². The van der Waals surface area contributed by atoms with Crippen LogP contribution in [0.1, 0.15) is 17.9 Å². The molecule has 0 fully saturated rings. The predicted octanol–water partition coefficient (Wildman–Crippen LogP) is 3.00. The van der Waals surface area contributed by atoms with Crippen LogP contribution in [0.25, 0.3) is 0 Å². The summed E-state index contributed by atoms with van der Waals surface area (Å²) in [5.41, 5.74) is 1.04. The molecule has 0 aliphatic heterocycles. The van der Waals surface area contributed by atoms with Crippen molar-refractivity contribution in [2.75, 3.05) is 7.11 Å². The van der Waals surface area contributed by atoms with Gasteiger partial charge >= 0.3 is 0 Å². The third-order valence-corrected chi connectivity index (χ3v) is 1.80. The maximum atomic E-state index is 5.91. The number of hydrogen-bond donors (Lipinski definition) is 0. The Balaban J connectivity index is 3.02. The lowest BCUT2D eigenvalue weighted by atomic mass is 10.1. The molecule has 0 saturated carbocycles. The van der Waals surface area contributed by atoms with Crippen LogP contribution in [0.2, 0.25) is 0 Å². The zero-order valence-corrected chi connectivity index (χ0v) is 7.43. The molecule has 11 heavy (non-hydrogen) atoms. The zero-order chi connectivity index (χ0) is 8.27. The van der Waals surface area contributed by atoms with E-state index in [9.17, 15) is 0 Å². The van der Waals surface area contributed by atoms with Crippen LogP contribution in [-0.4, -0.2) is 7.11 Å². The van der Waals surface area contributed by atoms with Crippen LogP contribution in [0.5, 0.6) is 5.75 Å². The van der Waals surface area contributed by atoms with Crippen molar-refractivity contribution in [2.45, 2.75) is 12.3 Å². The molecule has 1 rings (SSSR count). The second-order valence-electron chi connectivity index (χ2n) is 2.36. The SMILES string of the molecule is COc1ccccc1C(C)Cl. The normalized spacial score (nSPS) is 12.6. The van der Waals surface area contributed by atoms with Gasteiger partial charge in [0, 0.05) is 5.56 Å². The van der Waals surface area contributed by atoms with E-state index >= 15 is 0 Å². The van der Waals surface area contributed by atoms with Gasteiger partial charge in [-0.1, -0.05) is 18.2 Å². The molecule has 0 radical (unpaired) electrons. The van der Waals surface area contributed by atoms with Gasteiger partial charge in [-0.2, -0.15) is 0 Å². The van der Waals surface area contributed by atoms with Crippen LogP contribution in [0.15, 0.2) is 24.3 Å². The fourth-order valence-corrected chi connectivity index (χ4v) is 1.18. The van der Waals surface area contributed by atoms with E-state index in [0.29, 0.717) is 0 Å². The Morgan fingerprint density at radius 2 is 2.00 bits per heavy atom. The number of para-hydroxylation sites is 1. The number of hydrogen-bond acceptors (Lipinski definition) is 1. The van der Waals surface area contributed by atoms with Gasteiger partial charge in [-0.15, -0.1) is 11.6 Å². The van der Waals surface area contributed by atoms with Crippen LogP contribution in [0.3, 0.4) is 0 Å². The van der Waals surface area contributed by atoms with Crippen LogP contribution >= 0.6 is 11.6 Å². The van der Waals surface area contributed by atoms with Crippen molar-refractivity contribution in [2.24, 2.45) is 0 Å². The van der Waals surface area contributed by atoms with Crippen molar-refractivity contribution in [1.82, 2.24) is 0 Å². The topological polar surface area (TPSA) is 9.23 Å². The van der Waals surface area contributed by atoms with E-state index in [1.807, 2.05) is 31.2 Å². The lowest BCUT2D eigenvalue weighted by Crippen LogP contribution is -1.90. The number of rotatable bonds is 2. The Morgan fingerprint density at radius 3 is 2.45 bits per heavy atom. The van der Waals surface area contributed by atoms with Gasteiger partial charge < -0.3 is 4.74 Å². The summed E-state index contributed by atoms with van der Waals surface area (Å²) in [6.07, 6.45) is 0. The minimum absolute atomic E-state index is 0.00569. The monoisotopic (exact) mass is 170 g/mol. The van der Waals surface area contributed by atoms with Gasteiger partial charge in [-0.3, -0.25) is 0 Å². The lowest BCUT2D eigenvalue weighted by Gasteiger charge is -2.08. The molecule has 1 aromatic carbocycles. The highest BCUT2D eigenvalue weighted by molar-refractivity contribution is 6.20. The Kier molecular flexibility index (Phi) is 2.77. The Bertz CT molecular complexity index is 233. The maximum Gasteiger partial charge on any atom is 0.123 e. The van der Waals surface area contributed by atoms with Crippen LogP contribution < -0.4 is 4.74 Å². The molecule has 0 saturated heterocycles. The molecule has 0 aliphatic carbocycles. The molecule has 0 spiro atoms. The van der Waals surface area contributed by atoms with Gasteiger partial charge in [-0.25, -0.2) is 0 Å². The molecule has 2 heteroatoms. The molecule has 0 aliphatic rings. The van der Waals surface area contributed by atoms with Crippen LogP contribution in [-0.2, 0) is 0 Å². The highest BCUT2D eigenvalue weighted by Gasteiger charge is 2.05. The molecule has 0 amide bonds. The number of halogens is 1. The molecule has 1 atom stereocenters. The van der Waals surface area contributed by atoms with Gasteiger partial charge in [-0.05, 0) is 13.0 Å². The first-order valence-electron chi connectivity index (χ1n) is 3.52. The summed E-state index contributed by atoms with van der Waals surface area (Å²) in [4.78, 5) is 0. The van der Waals surface area contributed by atoms with Gasteiger partial charge in [0.05, 0.1) is 12.5 Å². The first-order chi connectivity index (χ1) is 5.25. The summed E-state index contributed by atoms with van der Waals surface area (Å²) in [5.74, 6) is 0.856. The van der Waals surface area contributed by atoms with Crippen molar-refractivity contribution >= 4 is 11.6 Å². The highest BCUT2D eigenvalue weighted by atomic mass is 35.5. The standard InChI is InChI=1S/C9H11ClO/c1-7(10)8-5-3-4-6-9(8)11-2/h3-7H,1-2H3. The summed E-state index contributed by atoms with van der Waals surface area (Å²) < 4.78 is 5.12. The Hall–Kier alpha value is -0.690. The molecular formula is C9H11ClO. The minimum atomic E-state index is 0.00569. The fraction of sp³-hybridized carbons (Fsp3) is 0.333. The number of methoxy groups -OCH3 is 1. The largest absolute Gasteiger partial charge is 0.496 e. The Labute approximate surface area is 71.9 Å². The predicted molar refractivity (Wildman–Crippen MR) is 47.3 cm³/mol. The Morgan fingerprint density at radius 1 is 1.36 bits per heavy atom. The number of benzene rings is 1. The van der Waals surface area contributed by atoms with E-state index in [0.717, 1.165) is 11.3 Å². The molecule has 0 heterocycles. The molecular weight excluding hydrogens is 160 g/mol. The van der Waals surface area contributed by atoms with Gasteiger partial charge in [0.2, 0.25) is 0 Å². The average molecular weight is 171 g/mol. The van der Waals surface area contributed by atoms with E-state index in [2.05, 4.69) is 0 Å². The fourth-order valence-electron chi connectivity index (χ4n) is 0.995. The third-order valence-electron chi connectivity index (χ3n) is 1.57. The molecule has 1 nitrogen and oxygen atoms in total. The zero-order valence-electron chi connectivity index (χ0n) is 6.67. The maximum absolute atomic E-state index is 5.91. The van der Waals surface area contributed by atoms with Crippen LogP contribution in [0, 0.1) is 0 Å². The van der Waals surface area contributed by atoms with E-state index in [4.69, 9.17) is 16.3 Å². The average Bonchev–Trinajstić information content (AvgIpc) is 2.04. The first-order valence-corrected chi connectivity index (χ1v) is 3.96. The molecule has 0 N–H and O–H groups in total. The van der Waals surface area contributed by atoms with Crippen LogP contribution in [0.4, 0.5) is 0 Å². The van der Waals surface area contributed by atoms with Crippen molar-refractivity contribution in [3.63, 3.8) is 0 Å². The van der Waals surface area contributed by atoms with Gasteiger partial charge in [0.25, 0.3) is 0 Å². The molecule has 1 unspecified atom stereocenters. The highest BCUT2D eigenvalue weighted by Crippen LogP contribution is 2.28. The third kappa shape index (κ3) is 1.87. The molecule has 60 valence electrons. The van der Waals surface area contributed by atoms with Crippen molar-refractivity contribution < 1.29 is 4.74 Å². The molecule has 0 aromatic heterocycles. The van der Waals surface area contributed by atoms with Crippen molar-refractivity contribution in [3.05, 3.63) is 29.8 Å². The molecule has 1 aromatic rings. The summed E-state index contributed by atoms with van der Waals surface area (Å²) in [6.45, 7) is 1.93. The minimum Gasteiger partial charge on any atom is -0.496 e. The summed E-state index contributed by atoms with van der Waals surface area (Å²) in [6, 6.07) is 7.77. The van der Waals surface area contributed by atoms with Gasteiger partial charge in [0.15, 0.2) is 0 Å². The lowest BCUT2D eigenvalue weighted by molar-refractivity contribution is 0.409. The molecule has 0 bridgehead atoms. The van der Waals surface area contributed by atoms with Crippen molar-refractivity contribution in [1.29, 1.82) is 0 Å². The van der Waals surface area contributed by atoms with E-state index in [-0.39, 0.29) is 5.38 Å². The quantitative estimate of drug-likeness (QED) is 0.620. The van der Waals surface area contributed by atoms with Crippen molar-refractivity contribution in [3.8, 4) is 5.75 Å². The summed E-state index contributed by atoms with van der Waals surface area (Å²) in [7, 11) is 1.65. The summed E-state index contributed by atoms with van der Waals surface area (Å²) >= 11 is 5.91. The number of ether oxygens (including phenoxy) is 1. The van der Waals surface area contributed by atoms with E-state index in [1.165, 1.54) is 0 Å². The first kappa shape index (κ1) is 8.41. The second kappa shape index (κ2) is 3.63. The van der Waals surface area contributed by atoms with E-state index < -0.39 is 0 Å². The number of alkyl halides is 1. The smallest absolute Gasteiger partial charge is 0.123 e. The summed E-state index contributed by atoms with van der Waals surface area (Å²) in [5, 5.41) is 0.00569. The second-order valence-corrected chi connectivity index (χ2v) is 3.01.